The van der Waals surface area contributed by atoms with Gasteiger partial charge in [-0.25, -0.2) is 4.98 Å². The molecule has 28 heavy (non-hydrogen) atoms. The fraction of sp³-hybridized carbons (Fsp3) is 0.304. The molecule has 0 fully saturated rings. The average molecular weight is 396 g/mol. The summed E-state index contributed by atoms with van der Waals surface area (Å²) in [6, 6.07) is 17.0. The number of pyridine rings is 1. The van der Waals surface area contributed by atoms with E-state index in [2.05, 4.69) is 22.5 Å². The second kappa shape index (κ2) is 10.1. The number of hydrogen-bond acceptors (Lipinski definition) is 3. The van der Waals surface area contributed by atoms with Crippen LogP contribution in [0.1, 0.15) is 49.5 Å². The molecule has 0 unspecified atom stereocenters. The summed E-state index contributed by atoms with van der Waals surface area (Å²) in [6.45, 7) is 3.06. The number of anilines is 2. The first-order chi connectivity index (χ1) is 13.7. The van der Waals surface area contributed by atoms with E-state index in [1.165, 1.54) is 25.7 Å². The van der Waals surface area contributed by atoms with Crippen LogP contribution in [0.15, 0.2) is 54.6 Å². The van der Waals surface area contributed by atoms with Crippen LogP contribution in [0, 0.1) is 0 Å². The summed E-state index contributed by atoms with van der Waals surface area (Å²) in [5.41, 5.74) is 0.946. The van der Waals surface area contributed by atoms with Crippen molar-refractivity contribution in [1.29, 1.82) is 0 Å². The van der Waals surface area contributed by atoms with Gasteiger partial charge < -0.3 is 10.6 Å². The molecule has 0 aliphatic heterocycles. The SMILES string of the molecule is CCCCCCCNc1nc(C(=O)Nc2ccccc2Cl)cc2ccccc12. The Morgan fingerprint density at radius 1 is 1.00 bits per heavy atom. The van der Waals surface area contributed by atoms with Crippen molar-refractivity contribution < 1.29 is 4.79 Å². The third-order valence-electron chi connectivity index (χ3n) is 4.67. The van der Waals surface area contributed by atoms with E-state index in [0.717, 1.165) is 29.6 Å². The summed E-state index contributed by atoms with van der Waals surface area (Å²) in [6.07, 6.45) is 6.06. The predicted molar refractivity (Wildman–Crippen MR) is 118 cm³/mol. The summed E-state index contributed by atoms with van der Waals surface area (Å²) < 4.78 is 0. The number of carbonyl (C=O) groups is 1. The second-order valence-corrected chi connectivity index (χ2v) is 7.26. The third kappa shape index (κ3) is 5.23. The number of para-hydroxylation sites is 1. The largest absolute Gasteiger partial charge is 0.370 e. The number of rotatable bonds is 9. The van der Waals surface area contributed by atoms with Gasteiger partial charge in [0.2, 0.25) is 0 Å². The Morgan fingerprint density at radius 3 is 2.57 bits per heavy atom. The van der Waals surface area contributed by atoms with Crippen molar-refractivity contribution in [3.8, 4) is 0 Å². The minimum atomic E-state index is -0.273. The van der Waals surface area contributed by atoms with Crippen molar-refractivity contribution in [3.05, 3.63) is 65.3 Å². The third-order valence-corrected chi connectivity index (χ3v) is 5.00. The molecule has 2 N–H and O–H groups in total. The molecule has 0 bridgehead atoms. The first kappa shape index (κ1) is 20.2. The highest BCUT2D eigenvalue weighted by Crippen LogP contribution is 2.25. The zero-order valence-electron chi connectivity index (χ0n) is 16.2. The Hall–Kier alpha value is -2.59. The molecule has 4 nitrogen and oxygen atoms in total. The Balaban J connectivity index is 1.77. The fourth-order valence-corrected chi connectivity index (χ4v) is 3.32. The van der Waals surface area contributed by atoms with Crippen LogP contribution in [0.3, 0.4) is 0 Å². The molecule has 1 aromatic heterocycles. The smallest absolute Gasteiger partial charge is 0.274 e. The number of amides is 1. The van der Waals surface area contributed by atoms with Gasteiger partial charge in [0.15, 0.2) is 0 Å². The van der Waals surface area contributed by atoms with Crippen LogP contribution < -0.4 is 10.6 Å². The van der Waals surface area contributed by atoms with E-state index in [-0.39, 0.29) is 5.91 Å². The molecule has 3 rings (SSSR count). The standard InChI is InChI=1S/C23H26ClN3O/c1-2-3-4-5-10-15-25-22-18-12-7-6-11-17(18)16-21(26-22)23(28)27-20-14-9-8-13-19(20)24/h6-9,11-14,16H,2-5,10,15H2,1H3,(H,25,26)(H,27,28). The van der Waals surface area contributed by atoms with Crippen LogP contribution in [-0.4, -0.2) is 17.4 Å². The maximum atomic E-state index is 12.8. The molecule has 0 saturated carbocycles. The van der Waals surface area contributed by atoms with Crippen LogP contribution in [0.5, 0.6) is 0 Å². The summed E-state index contributed by atoms with van der Waals surface area (Å²) in [5, 5.41) is 8.77. The highest BCUT2D eigenvalue weighted by molar-refractivity contribution is 6.33. The van der Waals surface area contributed by atoms with Crippen molar-refractivity contribution in [2.75, 3.05) is 17.2 Å². The zero-order chi connectivity index (χ0) is 19.8. The van der Waals surface area contributed by atoms with Gasteiger partial charge in [0.1, 0.15) is 11.5 Å². The maximum absolute atomic E-state index is 12.8. The van der Waals surface area contributed by atoms with Crippen LogP contribution in [0.2, 0.25) is 5.02 Å². The molecule has 2 aromatic carbocycles. The molecule has 0 saturated heterocycles. The van der Waals surface area contributed by atoms with Crippen molar-refractivity contribution in [2.45, 2.75) is 39.0 Å². The molecule has 1 amide bonds. The first-order valence-electron chi connectivity index (χ1n) is 9.88. The molecule has 1 heterocycles. The number of halogens is 1. The monoisotopic (exact) mass is 395 g/mol. The van der Waals surface area contributed by atoms with E-state index in [1.807, 2.05) is 42.5 Å². The van der Waals surface area contributed by atoms with Crippen LogP contribution >= 0.6 is 11.6 Å². The Labute approximate surface area is 171 Å². The van der Waals surface area contributed by atoms with E-state index in [4.69, 9.17) is 11.6 Å². The van der Waals surface area contributed by atoms with Gasteiger partial charge in [-0.15, -0.1) is 0 Å². The topological polar surface area (TPSA) is 54.0 Å². The Bertz CT molecular complexity index is 942. The first-order valence-corrected chi connectivity index (χ1v) is 10.3. The highest BCUT2D eigenvalue weighted by atomic mass is 35.5. The van der Waals surface area contributed by atoms with Gasteiger partial charge in [-0.1, -0.05) is 80.6 Å². The number of aromatic nitrogens is 1. The molecular formula is C23H26ClN3O. The number of fused-ring (bicyclic) bond motifs is 1. The van der Waals surface area contributed by atoms with Gasteiger partial charge in [-0.3, -0.25) is 4.79 Å². The lowest BCUT2D eigenvalue weighted by Gasteiger charge is -2.12. The lowest BCUT2D eigenvalue weighted by molar-refractivity contribution is 0.102. The molecule has 146 valence electrons. The maximum Gasteiger partial charge on any atom is 0.274 e. The lowest BCUT2D eigenvalue weighted by Crippen LogP contribution is -2.15. The summed E-state index contributed by atoms with van der Waals surface area (Å²) in [4.78, 5) is 17.3. The Kier molecular flexibility index (Phi) is 7.26. The van der Waals surface area contributed by atoms with Gasteiger partial charge in [0.05, 0.1) is 10.7 Å². The van der Waals surface area contributed by atoms with Crippen molar-refractivity contribution in [2.24, 2.45) is 0 Å². The van der Waals surface area contributed by atoms with Crippen molar-refractivity contribution >= 4 is 39.8 Å². The van der Waals surface area contributed by atoms with Crippen LogP contribution in [-0.2, 0) is 0 Å². The van der Waals surface area contributed by atoms with Crippen molar-refractivity contribution in [3.63, 3.8) is 0 Å². The fourth-order valence-electron chi connectivity index (χ4n) is 3.13. The molecule has 0 spiro atoms. The second-order valence-electron chi connectivity index (χ2n) is 6.85. The normalized spacial score (nSPS) is 10.8. The summed E-state index contributed by atoms with van der Waals surface area (Å²) >= 11 is 6.16. The van der Waals surface area contributed by atoms with E-state index in [1.54, 1.807) is 12.1 Å². The van der Waals surface area contributed by atoms with E-state index in [9.17, 15) is 4.79 Å². The van der Waals surface area contributed by atoms with E-state index < -0.39 is 0 Å². The highest BCUT2D eigenvalue weighted by Gasteiger charge is 2.13. The van der Waals surface area contributed by atoms with Gasteiger partial charge in [-0.2, -0.15) is 0 Å². The minimum Gasteiger partial charge on any atom is -0.370 e. The summed E-state index contributed by atoms with van der Waals surface area (Å²) in [7, 11) is 0. The number of hydrogen-bond donors (Lipinski definition) is 2. The van der Waals surface area contributed by atoms with Crippen LogP contribution in [0.4, 0.5) is 11.5 Å². The van der Waals surface area contributed by atoms with E-state index in [0.29, 0.717) is 16.4 Å². The van der Waals surface area contributed by atoms with Gasteiger partial charge in [-0.05, 0) is 30.0 Å². The average Bonchev–Trinajstić information content (AvgIpc) is 2.72. The lowest BCUT2D eigenvalue weighted by atomic mass is 10.1. The molecule has 0 radical (unpaired) electrons. The zero-order valence-corrected chi connectivity index (χ0v) is 16.9. The predicted octanol–water partition coefficient (Wildman–Crippen LogP) is 6.52. The molecular weight excluding hydrogens is 370 g/mol. The number of unbranched alkanes of at least 4 members (excludes halogenated alkanes) is 4. The van der Waals surface area contributed by atoms with Gasteiger partial charge in [0, 0.05) is 11.9 Å². The summed E-state index contributed by atoms with van der Waals surface area (Å²) in [5.74, 6) is 0.475. The van der Waals surface area contributed by atoms with Crippen molar-refractivity contribution in [1.82, 2.24) is 4.98 Å². The van der Waals surface area contributed by atoms with Crippen LogP contribution in [0.25, 0.3) is 10.8 Å². The molecule has 5 heteroatoms. The van der Waals surface area contributed by atoms with Gasteiger partial charge >= 0.3 is 0 Å². The molecule has 0 aliphatic carbocycles. The molecule has 3 aromatic rings. The number of nitrogens with one attached hydrogen (secondary N) is 2. The number of nitrogens with zero attached hydrogens (tertiary/aromatic N) is 1. The number of benzene rings is 2. The quantitative estimate of drug-likeness (QED) is 0.405. The Morgan fingerprint density at radius 2 is 1.75 bits per heavy atom. The molecule has 0 atom stereocenters. The minimum absolute atomic E-state index is 0.273. The number of carbonyl (C=O) groups excluding carboxylic acids is 1. The van der Waals surface area contributed by atoms with Gasteiger partial charge in [0.25, 0.3) is 5.91 Å². The van der Waals surface area contributed by atoms with E-state index >= 15 is 0 Å². The molecule has 0 aliphatic rings.